The summed E-state index contributed by atoms with van der Waals surface area (Å²) in [4.78, 5) is 33.4. The molecule has 0 radical (unpaired) electrons. The first-order valence-corrected chi connectivity index (χ1v) is 17.6. The van der Waals surface area contributed by atoms with Crippen LogP contribution in [0.25, 0.3) is 0 Å². The van der Waals surface area contributed by atoms with Gasteiger partial charge in [0.2, 0.25) is 10.0 Å². The minimum Gasteiger partial charge on any atom is -0.497 e. The van der Waals surface area contributed by atoms with Crippen LogP contribution in [0.2, 0.25) is 0 Å². The van der Waals surface area contributed by atoms with Gasteiger partial charge in [-0.15, -0.1) is 0 Å². The number of aryl methyl sites for hydroxylation is 2. The molecule has 262 valence electrons. The van der Waals surface area contributed by atoms with E-state index in [9.17, 15) is 18.0 Å². The Morgan fingerprint density at radius 1 is 0.918 bits per heavy atom. The Morgan fingerprint density at radius 3 is 2.16 bits per heavy atom. The van der Waals surface area contributed by atoms with Crippen LogP contribution in [-0.4, -0.2) is 74.8 Å². The van der Waals surface area contributed by atoms with Gasteiger partial charge in [0.05, 0.1) is 25.7 Å². The lowest BCUT2D eigenvalue weighted by Crippen LogP contribution is -2.42. The molecular weight excluding hydrogens is 644 g/mol. The summed E-state index contributed by atoms with van der Waals surface area (Å²) >= 11 is 0. The molecule has 11 nitrogen and oxygen atoms in total. The summed E-state index contributed by atoms with van der Waals surface area (Å²) in [5, 5.41) is 3.11. The molecule has 1 unspecified atom stereocenters. The third-order valence-corrected chi connectivity index (χ3v) is 9.92. The van der Waals surface area contributed by atoms with E-state index < -0.39 is 22.0 Å². The summed E-state index contributed by atoms with van der Waals surface area (Å²) in [5.41, 5.74) is 2.16. The molecule has 1 N–H and O–H groups in total. The van der Waals surface area contributed by atoms with Gasteiger partial charge in [0.15, 0.2) is 5.89 Å². The number of rotatable bonds is 16. The first kappa shape index (κ1) is 37.1. The molecule has 0 aliphatic carbocycles. The maximum absolute atomic E-state index is 13.8. The molecule has 0 saturated heterocycles. The summed E-state index contributed by atoms with van der Waals surface area (Å²) in [7, 11) is 0.828. The van der Waals surface area contributed by atoms with Gasteiger partial charge in [0.1, 0.15) is 23.0 Å². The largest absolute Gasteiger partial charge is 0.497 e. The summed E-state index contributed by atoms with van der Waals surface area (Å²) in [6.07, 6.45) is 0.817. The molecule has 4 aromatic rings. The Morgan fingerprint density at radius 2 is 1.57 bits per heavy atom. The molecule has 1 heterocycles. The zero-order valence-electron chi connectivity index (χ0n) is 29.2. The molecule has 0 bridgehead atoms. The number of methoxy groups -OCH3 is 2. The first-order valence-electron chi connectivity index (χ1n) is 16.2. The zero-order chi connectivity index (χ0) is 35.7. The highest BCUT2D eigenvalue weighted by atomic mass is 32.2. The standard InChI is InChI=1S/C37H46N4O7S/c1-25(2)23-41(49(44,45)34-15-13-32(46-6)14-16-34)18-17-31(19-28-11-9-8-10-12-28)39-36(42)29-20-30(22-33(21-29)47-7)37(43)40(5)24-35-26(3)48-27(4)38-35/h8-16,20-22,25,31H,17-19,23-24H2,1-7H3,(H,39,42). The van der Waals surface area contributed by atoms with Gasteiger partial charge in [0.25, 0.3) is 11.8 Å². The summed E-state index contributed by atoms with van der Waals surface area (Å²) in [6.45, 7) is 8.19. The Labute approximate surface area is 289 Å². The maximum atomic E-state index is 13.8. The van der Waals surface area contributed by atoms with Gasteiger partial charge in [-0.05, 0) is 73.7 Å². The second-order valence-electron chi connectivity index (χ2n) is 12.4. The molecular formula is C37H46N4O7S. The second kappa shape index (κ2) is 16.6. The van der Waals surface area contributed by atoms with Crippen molar-refractivity contribution < 1.29 is 31.9 Å². The number of oxazole rings is 1. The molecule has 1 atom stereocenters. The lowest BCUT2D eigenvalue weighted by Gasteiger charge is -2.27. The van der Waals surface area contributed by atoms with E-state index >= 15 is 0 Å². The van der Waals surface area contributed by atoms with Crippen molar-refractivity contribution in [1.29, 1.82) is 0 Å². The highest BCUT2D eigenvalue weighted by molar-refractivity contribution is 7.89. The Kier molecular flexibility index (Phi) is 12.6. The monoisotopic (exact) mass is 690 g/mol. The third kappa shape index (κ3) is 9.93. The van der Waals surface area contributed by atoms with Crippen LogP contribution in [0.15, 0.2) is 82.1 Å². The molecule has 0 aliphatic rings. The summed E-state index contributed by atoms with van der Waals surface area (Å²) in [5.74, 6) is 1.41. The van der Waals surface area contributed by atoms with E-state index in [1.807, 2.05) is 44.2 Å². The predicted molar refractivity (Wildman–Crippen MR) is 187 cm³/mol. The van der Waals surface area contributed by atoms with Crippen LogP contribution in [0, 0.1) is 19.8 Å². The van der Waals surface area contributed by atoms with Crippen molar-refractivity contribution in [2.45, 2.75) is 58.0 Å². The van der Waals surface area contributed by atoms with Gasteiger partial charge in [-0.3, -0.25) is 9.59 Å². The first-order chi connectivity index (χ1) is 23.3. The summed E-state index contributed by atoms with van der Waals surface area (Å²) < 4.78 is 45.2. The Bertz CT molecular complexity index is 1820. The highest BCUT2D eigenvalue weighted by Crippen LogP contribution is 2.23. The Balaban J connectivity index is 1.57. The minimum atomic E-state index is -3.83. The Hall–Kier alpha value is -4.68. The number of aromatic nitrogens is 1. The molecule has 0 saturated carbocycles. The van der Waals surface area contributed by atoms with Crippen LogP contribution >= 0.6 is 0 Å². The summed E-state index contributed by atoms with van der Waals surface area (Å²) in [6, 6.07) is 20.3. The fourth-order valence-corrected chi connectivity index (χ4v) is 7.13. The van der Waals surface area contributed by atoms with Crippen molar-refractivity contribution >= 4 is 21.8 Å². The number of nitrogens with zero attached hydrogens (tertiary/aromatic N) is 3. The topological polar surface area (TPSA) is 131 Å². The van der Waals surface area contributed by atoms with Crippen molar-refractivity contribution in [2.24, 2.45) is 5.92 Å². The lowest BCUT2D eigenvalue weighted by molar-refractivity contribution is 0.0782. The average molecular weight is 691 g/mol. The molecule has 0 aliphatic heterocycles. The number of benzene rings is 3. The van der Waals surface area contributed by atoms with E-state index in [-0.39, 0.29) is 40.9 Å². The molecule has 49 heavy (non-hydrogen) atoms. The van der Waals surface area contributed by atoms with Gasteiger partial charge in [0, 0.05) is 44.2 Å². The third-order valence-electron chi connectivity index (χ3n) is 8.04. The van der Waals surface area contributed by atoms with Crippen molar-refractivity contribution in [3.8, 4) is 11.5 Å². The van der Waals surface area contributed by atoms with Crippen molar-refractivity contribution in [2.75, 3.05) is 34.4 Å². The van der Waals surface area contributed by atoms with Crippen LogP contribution in [0.3, 0.4) is 0 Å². The fraction of sp³-hybridized carbons (Fsp3) is 0.378. The number of sulfonamides is 1. The SMILES string of the molecule is COc1ccc(S(=O)(=O)N(CCC(Cc2ccccc2)NC(=O)c2cc(OC)cc(C(=O)N(C)Cc3nc(C)oc3C)c2)CC(C)C)cc1. The van der Waals surface area contributed by atoms with Crippen LogP contribution in [0.5, 0.6) is 11.5 Å². The predicted octanol–water partition coefficient (Wildman–Crippen LogP) is 5.66. The van der Waals surface area contributed by atoms with Gasteiger partial charge in [-0.25, -0.2) is 13.4 Å². The van der Waals surface area contributed by atoms with E-state index in [0.717, 1.165) is 5.56 Å². The normalized spacial score (nSPS) is 12.2. The molecule has 1 aromatic heterocycles. The van der Waals surface area contributed by atoms with E-state index in [2.05, 4.69) is 10.3 Å². The van der Waals surface area contributed by atoms with Crippen LogP contribution in [0.4, 0.5) is 0 Å². The smallest absolute Gasteiger partial charge is 0.254 e. The van der Waals surface area contributed by atoms with Crippen LogP contribution < -0.4 is 14.8 Å². The zero-order valence-corrected chi connectivity index (χ0v) is 30.0. The van der Waals surface area contributed by atoms with Crippen molar-refractivity contribution in [1.82, 2.24) is 19.5 Å². The lowest BCUT2D eigenvalue weighted by atomic mass is 10.0. The van der Waals surface area contributed by atoms with E-state index in [4.69, 9.17) is 13.9 Å². The fourth-order valence-electron chi connectivity index (χ4n) is 5.51. The second-order valence-corrected chi connectivity index (χ2v) is 14.4. The molecule has 0 spiro atoms. The number of amides is 2. The van der Waals surface area contributed by atoms with E-state index in [0.29, 0.717) is 48.2 Å². The molecule has 4 rings (SSSR count). The number of nitrogens with one attached hydrogen (secondary N) is 1. The van der Waals surface area contributed by atoms with Crippen LogP contribution in [-0.2, 0) is 23.0 Å². The van der Waals surface area contributed by atoms with E-state index in [1.54, 1.807) is 45.2 Å². The molecule has 12 heteroatoms. The number of hydrogen-bond donors (Lipinski definition) is 1. The molecule has 0 fully saturated rings. The van der Waals surface area contributed by atoms with Gasteiger partial charge < -0.3 is 24.1 Å². The number of ether oxygens (including phenoxy) is 2. The maximum Gasteiger partial charge on any atom is 0.254 e. The van der Waals surface area contributed by atoms with Crippen molar-refractivity contribution in [3.05, 3.63) is 107 Å². The van der Waals surface area contributed by atoms with Crippen molar-refractivity contribution in [3.63, 3.8) is 0 Å². The van der Waals surface area contributed by atoms with Gasteiger partial charge in [-0.2, -0.15) is 4.31 Å². The molecule has 3 aromatic carbocycles. The number of hydrogen-bond acceptors (Lipinski definition) is 8. The number of carbonyl (C=O) groups excluding carboxylic acids is 2. The highest BCUT2D eigenvalue weighted by Gasteiger charge is 2.27. The quantitative estimate of drug-likeness (QED) is 0.159. The minimum absolute atomic E-state index is 0.0679. The van der Waals surface area contributed by atoms with Gasteiger partial charge >= 0.3 is 0 Å². The number of carbonyl (C=O) groups is 2. The average Bonchev–Trinajstić information content (AvgIpc) is 3.41. The van der Waals surface area contributed by atoms with E-state index in [1.165, 1.54) is 41.6 Å². The molecule has 2 amide bonds. The van der Waals surface area contributed by atoms with Gasteiger partial charge in [-0.1, -0.05) is 44.2 Å². The van der Waals surface area contributed by atoms with Crippen LogP contribution in [0.1, 0.15) is 63.9 Å².